The van der Waals surface area contributed by atoms with E-state index in [1.807, 2.05) is 0 Å². The first-order valence-electron chi connectivity index (χ1n) is 6.70. The standard InChI is InChI=1S/C12H19F3N2O/c13-12(14,15)7-17-4-3-8(6-17)16-10-5-9-1-2-11(10)18-9/h8-11,16H,1-7H2/t8-,9-,10-,11-/m1/s1. The highest BCUT2D eigenvalue weighted by atomic mass is 19.4. The van der Waals surface area contributed by atoms with E-state index in [9.17, 15) is 13.2 Å². The van der Waals surface area contributed by atoms with E-state index in [1.54, 1.807) is 0 Å². The van der Waals surface area contributed by atoms with Gasteiger partial charge in [0.2, 0.25) is 0 Å². The lowest BCUT2D eigenvalue weighted by Crippen LogP contribution is -2.45. The van der Waals surface area contributed by atoms with Crippen LogP contribution < -0.4 is 5.32 Å². The highest BCUT2D eigenvalue weighted by Crippen LogP contribution is 2.35. The second kappa shape index (κ2) is 4.65. The summed E-state index contributed by atoms with van der Waals surface area (Å²) in [6, 6.07) is 0.555. The van der Waals surface area contributed by atoms with Gasteiger partial charge in [0.1, 0.15) is 0 Å². The third-order valence-corrected chi connectivity index (χ3v) is 4.23. The third-order valence-electron chi connectivity index (χ3n) is 4.23. The molecule has 3 nitrogen and oxygen atoms in total. The second-order valence-electron chi connectivity index (χ2n) is 5.72. The van der Waals surface area contributed by atoms with E-state index >= 15 is 0 Å². The van der Waals surface area contributed by atoms with Crippen molar-refractivity contribution < 1.29 is 17.9 Å². The van der Waals surface area contributed by atoms with Gasteiger partial charge in [-0.15, -0.1) is 0 Å². The smallest absolute Gasteiger partial charge is 0.373 e. The number of nitrogens with one attached hydrogen (secondary N) is 1. The number of halogens is 3. The Morgan fingerprint density at radius 1 is 1.22 bits per heavy atom. The molecule has 18 heavy (non-hydrogen) atoms. The Hall–Kier alpha value is -0.330. The summed E-state index contributed by atoms with van der Waals surface area (Å²) in [6.45, 7) is 0.268. The minimum absolute atomic E-state index is 0.195. The zero-order valence-electron chi connectivity index (χ0n) is 10.2. The maximum Gasteiger partial charge on any atom is 0.401 e. The van der Waals surface area contributed by atoms with Crippen molar-refractivity contribution in [2.75, 3.05) is 19.6 Å². The Labute approximate surface area is 105 Å². The average Bonchev–Trinajstić information content (AvgIpc) is 2.92. The van der Waals surface area contributed by atoms with Gasteiger partial charge >= 0.3 is 6.18 Å². The Morgan fingerprint density at radius 2 is 2.06 bits per heavy atom. The van der Waals surface area contributed by atoms with Gasteiger partial charge in [-0.25, -0.2) is 0 Å². The number of nitrogens with zero attached hydrogens (tertiary/aromatic N) is 1. The van der Waals surface area contributed by atoms with Gasteiger partial charge in [0.25, 0.3) is 0 Å². The highest BCUT2D eigenvalue weighted by Gasteiger charge is 2.42. The van der Waals surface area contributed by atoms with Crippen molar-refractivity contribution in [2.24, 2.45) is 0 Å². The van der Waals surface area contributed by atoms with Gasteiger partial charge < -0.3 is 10.1 Å². The van der Waals surface area contributed by atoms with E-state index < -0.39 is 12.7 Å². The molecule has 0 aromatic heterocycles. The van der Waals surface area contributed by atoms with Crippen LogP contribution in [0.3, 0.4) is 0 Å². The van der Waals surface area contributed by atoms with Gasteiger partial charge in [0.15, 0.2) is 0 Å². The van der Waals surface area contributed by atoms with Crippen LogP contribution in [0.15, 0.2) is 0 Å². The fraction of sp³-hybridized carbons (Fsp3) is 1.00. The summed E-state index contributed by atoms with van der Waals surface area (Å²) in [5, 5.41) is 3.49. The van der Waals surface area contributed by atoms with Crippen LogP contribution in [0.25, 0.3) is 0 Å². The van der Waals surface area contributed by atoms with Crippen LogP contribution in [0.5, 0.6) is 0 Å². The number of hydrogen-bond acceptors (Lipinski definition) is 3. The van der Waals surface area contributed by atoms with Crippen molar-refractivity contribution in [1.82, 2.24) is 10.2 Å². The fourth-order valence-electron chi connectivity index (χ4n) is 3.48. The van der Waals surface area contributed by atoms with Gasteiger partial charge in [0, 0.05) is 25.2 Å². The van der Waals surface area contributed by atoms with Gasteiger partial charge in [-0.05, 0) is 25.7 Å². The minimum atomic E-state index is -4.08. The second-order valence-corrected chi connectivity index (χ2v) is 5.72. The number of rotatable bonds is 3. The molecular formula is C12H19F3N2O. The summed E-state index contributed by atoms with van der Waals surface area (Å²) in [5.74, 6) is 0. The SMILES string of the molecule is FC(F)(F)CN1CC[C@@H](N[C@@H]2C[C@H]3CC[C@H]2O3)C1. The number of fused-ring (bicyclic) bond motifs is 2. The van der Waals surface area contributed by atoms with Crippen LogP contribution >= 0.6 is 0 Å². The zero-order chi connectivity index (χ0) is 12.8. The summed E-state index contributed by atoms with van der Waals surface area (Å²) in [4.78, 5) is 1.49. The quantitative estimate of drug-likeness (QED) is 0.836. The first kappa shape index (κ1) is 12.7. The molecule has 6 heteroatoms. The lowest BCUT2D eigenvalue weighted by atomic mass is 9.95. The summed E-state index contributed by atoms with van der Waals surface area (Å²) < 4.78 is 42.6. The van der Waals surface area contributed by atoms with Gasteiger partial charge in [-0.1, -0.05) is 0 Å². The number of likely N-dealkylation sites (tertiary alicyclic amines) is 1. The summed E-state index contributed by atoms with van der Waals surface area (Å²) >= 11 is 0. The van der Waals surface area contributed by atoms with Crippen molar-refractivity contribution in [3.05, 3.63) is 0 Å². The Bertz CT molecular complexity index is 310. The predicted molar refractivity (Wildman–Crippen MR) is 60.3 cm³/mol. The molecular weight excluding hydrogens is 245 g/mol. The molecule has 0 amide bonds. The van der Waals surface area contributed by atoms with Crippen molar-refractivity contribution in [1.29, 1.82) is 0 Å². The van der Waals surface area contributed by atoms with E-state index in [0.29, 0.717) is 31.3 Å². The minimum Gasteiger partial charge on any atom is -0.373 e. The topological polar surface area (TPSA) is 24.5 Å². The summed E-state index contributed by atoms with van der Waals surface area (Å²) in [6.07, 6.45) is 0.691. The molecule has 4 atom stereocenters. The predicted octanol–water partition coefficient (Wildman–Crippen LogP) is 1.53. The highest BCUT2D eigenvalue weighted by molar-refractivity contribution is 4.96. The number of hydrogen-bond donors (Lipinski definition) is 1. The van der Waals surface area contributed by atoms with Crippen LogP contribution in [0, 0.1) is 0 Å². The Kier molecular flexibility index (Phi) is 3.28. The van der Waals surface area contributed by atoms with Crippen LogP contribution in [-0.2, 0) is 4.74 Å². The van der Waals surface area contributed by atoms with Crippen molar-refractivity contribution in [3.63, 3.8) is 0 Å². The lowest BCUT2D eigenvalue weighted by Gasteiger charge is -2.24. The maximum atomic E-state index is 12.3. The molecule has 0 saturated carbocycles. The third kappa shape index (κ3) is 2.81. The van der Waals surface area contributed by atoms with Crippen LogP contribution in [0.1, 0.15) is 25.7 Å². The lowest BCUT2D eigenvalue weighted by molar-refractivity contribution is -0.143. The molecule has 0 radical (unpaired) electrons. The molecule has 0 spiro atoms. The number of alkyl halides is 3. The van der Waals surface area contributed by atoms with Gasteiger partial charge in [-0.2, -0.15) is 13.2 Å². The fourth-order valence-corrected chi connectivity index (χ4v) is 3.48. The first-order valence-corrected chi connectivity index (χ1v) is 6.70. The van der Waals surface area contributed by atoms with Crippen LogP contribution in [0.4, 0.5) is 13.2 Å². The molecule has 3 heterocycles. The van der Waals surface area contributed by atoms with Gasteiger partial charge in [-0.3, -0.25) is 4.90 Å². The molecule has 3 aliphatic heterocycles. The Balaban J connectivity index is 1.45. The van der Waals surface area contributed by atoms with E-state index in [4.69, 9.17) is 4.74 Å². The largest absolute Gasteiger partial charge is 0.401 e. The molecule has 0 aromatic carbocycles. The Morgan fingerprint density at radius 3 is 2.67 bits per heavy atom. The van der Waals surface area contributed by atoms with E-state index in [1.165, 1.54) is 4.90 Å². The normalized spacial score (nSPS) is 40.8. The van der Waals surface area contributed by atoms with Gasteiger partial charge in [0.05, 0.1) is 18.8 Å². The van der Waals surface area contributed by atoms with Crippen molar-refractivity contribution in [2.45, 2.75) is 56.2 Å². The molecule has 3 saturated heterocycles. The summed E-state index contributed by atoms with van der Waals surface area (Å²) in [7, 11) is 0. The molecule has 0 aliphatic carbocycles. The van der Waals surface area contributed by atoms with E-state index in [2.05, 4.69) is 5.32 Å². The molecule has 3 rings (SSSR count). The molecule has 3 aliphatic rings. The molecule has 0 aromatic rings. The average molecular weight is 264 g/mol. The zero-order valence-corrected chi connectivity index (χ0v) is 10.2. The van der Waals surface area contributed by atoms with E-state index in [0.717, 1.165) is 25.7 Å². The summed E-state index contributed by atoms with van der Waals surface area (Å²) in [5.41, 5.74) is 0. The van der Waals surface area contributed by atoms with Crippen molar-refractivity contribution >= 4 is 0 Å². The molecule has 1 N–H and O–H groups in total. The first-order chi connectivity index (χ1) is 8.49. The van der Waals surface area contributed by atoms with Crippen molar-refractivity contribution in [3.8, 4) is 0 Å². The molecule has 2 bridgehead atoms. The van der Waals surface area contributed by atoms with Crippen LogP contribution in [-0.4, -0.2) is 55.0 Å². The number of ether oxygens (including phenoxy) is 1. The molecule has 0 unspecified atom stereocenters. The maximum absolute atomic E-state index is 12.3. The molecule has 104 valence electrons. The van der Waals surface area contributed by atoms with Crippen LogP contribution in [0.2, 0.25) is 0 Å². The molecule has 3 fully saturated rings. The van der Waals surface area contributed by atoms with E-state index in [-0.39, 0.29) is 6.04 Å². The monoisotopic (exact) mass is 264 g/mol.